The Bertz CT molecular complexity index is 1660. The van der Waals surface area contributed by atoms with Crippen molar-refractivity contribution in [3.63, 3.8) is 0 Å². The second-order valence-corrected chi connectivity index (χ2v) is 26.1. The Kier molecular flexibility index (Phi) is 54.8. The lowest BCUT2D eigenvalue weighted by Crippen LogP contribution is -2.65. The number of hydrogen-bond acceptors (Lipinski definition) is 13. The van der Waals surface area contributed by atoms with Gasteiger partial charge < -0.3 is 65.1 Å². The van der Waals surface area contributed by atoms with Crippen LogP contribution in [0.25, 0.3) is 0 Å². The molecule has 0 spiro atoms. The lowest BCUT2D eigenvalue weighted by atomic mass is 9.97. The molecule has 2 aliphatic rings. The van der Waals surface area contributed by atoms with Crippen LogP contribution in [0.5, 0.6) is 0 Å². The number of carbonyl (C=O) groups is 1. The van der Waals surface area contributed by atoms with Crippen LogP contribution in [0.1, 0.15) is 322 Å². The average molecular weight is 1250 g/mol. The molecule has 0 aromatic heterocycles. The molecule has 0 aliphatic carbocycles. The lowest BCUT2D eigenvalue weighted by Gasteiger charge is -2.46. The van der Waals surface area contributed by atoms with Gasteiger partial charge in [0.15, 0.2) is 12.6 Å². The number of rotatable bonds is 61. The summed E-state index contributed by atoms with van der Waals surface area (Å²) in [6, 6.07) is -0.936. The summed E-state index contributed by atoms with van der Waals surface area (Å²) in [5, 5.41) is 87.2. The van der Waals surface area contributed by atoms with Crippen molar-refractivity contribution in [1.29, 1.82) is 0 Å². The number of unbranched alkanes of at least 4 members (excludes halogenated alkanes) is 42. The Labute approximate surface area is 537 Å². The molecule has 12 atom stereocenters. The van der Waals surface area contributed by atoms with E-state index in [0.717, 1.165) is 44.9 Å². The molecule has 2 rings (SSSR count). The predicted molar refractivity (Wildman–Crippen MR) is 360 cm³/mol. The highest BCUT2D eigenvalue weighted by Gasteiger charge is 2.51. The molecule has 14 heteroatoms. The van der Waals surface area contributed by atoms with Crippen LogP contribution >= 0.6 is 0 Å². The lowest BCUT2D eigenvalue weighted by molar-refractivity contribution is -0.359. The van der Waals surface area contributed by atoms with Crippen LogP contribution in [-0.4, -0.2) is 140 Å². The molecule has 0 saturated carbocycles. The van der Waals surface area contributed by atoms with Gasteiger partial charge in [-0.2, -0.15) is 0 Å². The smallest absolute Gasteiger partial charge is 0.220 e. The maximum Gasteiger partial charge on any atom is 0.220 e. The van der Waals surface area contributed by atoms with E-state index in [0.29, 0.717) is 12.8 Å². The second-order valence-electron chi connectivity index (χ2n) is 26.1. The van der Waals surface area contributed by atoms with Crippen molar-refractivity contribution in [3.05, 3.63) is 48.6 Å². The van der Waals surface area contributed by atoms with Gasteiger partial charge in [-0.25, -0.2) is 0 Å². The molecular formula is C74H137NO13. The van der Waals surface area contributed by atoms with Crippen LogP contribution in [0, 0.1) is 0 Å². The van der Waals surface area contributed by atoms with E-state index in [1.54, 1.807) is 6.08 Å². The summed E-state index contributed by atoms with van der Waals surface area (Å²) >= 11 is 0. The van der Waals surface area contributed by atoms with Gasteiger partial charge in [0.25, 0.3) is 0 Å². The summed E-state index contributed by atoms with van der Waals surface area (Å²) in [6.07, 6.45) is 60.9. The Hall–Kier alpha value is -2.05. The standard InChI is InChI=1S/C74H137NO13/c1-3-5-7-9-11-13-15-17-18-19-20-21-22-23-24-25-26-27-28-29-30-31-32-33-34-35-36-37-38-39-40-41-42-43-44-46-48-50-52-54-56-58-66(79)75-62(63(78)57-55-53-51-49-47-45-16-14-12-10-8-6-4-2)61-85-73-71(84)69(82)72(65(60-77)87-73)88-74-70(83)68(81)67(80)64(59-76)86-74/h12,14,19-20,47,49,55,57,62-65,67-74,76-78,80-84H,3-11,13,15-18,21-46,48,50-54,56,58-61H2,1-2H3,(H,75,79)/b14-12+,20-19-,49-47+,57-55+. The van der Waals surface area contributed by atoms with Gasteiger partial charge in [-0.15, -0.1) is 0 Å². The van der Waals surface area contributed by atoms with Crippen molar-refractivity contribution in [2.24, 2.45) is 0 Å². The molecule has 9 N–H and O–H groups in total. The van der Waals surface area contributed by atoms with E-state index in [4.69, 9.17) is 18.9 Å². The van der Waals surface area contributed by atoms with Crippen LogP contribution < -0.4 is 5.32 Å². The van der Waals surface area contributed by atoms with Crippen LogP contribution in [0.2, 0.25) is 0 Å². The summed E-state index contributed by atoms with van der Waals surface area (Å²) in [6.45, 7) is 2.76. The third-order valence-electron chi connectivity index (χ3n) is 18.0. The van der Waals surface area contributed by atoms with Crippen LogP contribution in [0.4, 0.5) is 0 Å². The molecule has 2 aliphatic heterocycles. The quantitative estimate of drug-likeness (QED) is 0.0204. The van der Waals surface area contributed by atoms with Crippen molar-refractivity contribution in [2.45, 2.75) is 396 Å². The van der Waals surface area contributed by atoms with E-state index in [1.165, 1.54) is 244 Å². The first-order chi connectivity index (χ1) is 43.1. The van der Waals surface area contributed by atoms with Gasteiger partial charge in [-0.1, -0.05) is 294 Å². The summed E-state index contributed by atoms with van der Waals surface area (Å²) in [5.41, 5.74) is 0. The van der Waals surface area contributed by atoms with E-state index in [9.17, 15) is 45.6 Å². The number of aliphatic hydroxyl groups is 8. The van der Waals surface area contributed by atoms with Gasteiger partial charge in [0.05, 0.1) is 32.0 Å². The molecule has 88 heavy (non-hydrogen) atoms. The molecule has 516 valence electrons. The highest BCUT2D eigenvalue weighted by atomic mass is 16.7. The third kappa shape index (κ3) is 42.2. The van der Waals surface area contributed by atoms with Crippen molar-refractivity contribution >= 4 is 5.91 Å². The largest absolute Gasteiger partial charge is 0.394 e. The molecular weight excluding hydrogens is 1110 g/mol. The topological polar surface area (TPSA) is 228 Å². The fourth-order valence-electron chi connectivity index (χ4n) is 12.1. The Morgan fingerprint density at radius 1 is 0.398 bits per heavy atom. The Balaban J connectivity index is 1.52. The average Bonchev–Trinajstić information content (AvgIpc) is 2.28. The molecule has 12 unspecified atom stereocenters. The first-order valence-electron chi connectivity index (χ1n) is 36.9. The van der Waals surface area contributed by atoms with Gasteiger partial charge >= 0.3 is 0 Å². The van der Waals surface area contributed by atoms with Crippen LogP contribution in [0.15, 0.2) is 48.6 Å². The minimum Gasteiger partial charge on any atom is -0.394 e. The highest BCUT2D eigenvalue weighted by Crippen LogP contribution is 2.30. The molecule has 2 saturated heterocycles. The molecule has 14 nitrogen and oxygen atoms in total. The molecule has 1 amide bonds. The fourth-order valence-corrected chi connectivity index (χ4v) is 12.1. The van der Waals surface area contributed by atoms with Gasteiger partial charge in [0.2, 0.25) is 5.91 Å². The van der Waals surface area contributed by atoms with E-state index in [-0.39, 0.29) is 18.9 Å². The summed E-state index contributed by atoms with van der Waals surface area (Å²) < 4.78 is 22.8. The minimum atomic E-state index is -1.79. The maximum atomic E-state index is 13.3. The maximum absolute atomic E-state index is 13.3. The summed E-state index contributed by atoms with van der Waals surface area (Å²) in [4.78, 5) is 13.3. The normalized spacial score (nSPS) is 23.4. The fraction of sp³-hybridized carbons (Fsp3) is 0.878. The second kappa shape index (κ2) is 58.7. The Morgan fingerprint density at radius 3 is 1.14 bits per heavy atom. The Morgan fingerprint density at radius 2 is 0.727 bits per heavy atom. The number of ether oxygens (including phenoxy) is 4. The van der Waals surface area contributed by atoms with E-state index in [1.807, 2.05) is 6.08 Å². The van der Waals surface area contributed by atoms with Gasteiger partial charge in [-0.3, -0.25) is 4.79 Å². The zero-order valence-electron chi connectivity index (χ0n) is 56.2. The van der Waals surface area contributed by atoms with Crippen molar-refractivity contribution in [2.75, 3.05) is 19.8 Å². The van der Waals surface area contributed by atoms with E-state index in [2.05, 4.69) is 55.6 Å². The van der Waals surface area contributed by atoms with Crippen molar-refractivity contribution < 1.29 is 64.6 Å². The predicted octanol–water partition coefficient (Wildman–Crippen LogP) is 15.5. The first-order valence-corrected chi connectivity index (χ1v) is 36.9. The summed E-state index contributed by atoms with van der Waals surface area (Å²) in [5.74, 6) is -0.249. The SMILES string of the molecule is CCCCC/C=C/CC/C=C/CC/C=C/C(O)C(COC1OC(CO)C(OC2OC(CO)C(O)C(O)C2O)C(O)C1O)NC(=O)CCCCCCCCCCCCCCCCCCCCCCCCCCCCCCC/C=C\CCCCCCCCCC. The van der Waals surface area contributed by atoms with Gasteiger partial charge in [-0.05, 0) is 70.6 Å². The molecule has 2 fully saturated rings. The monoisotopic (exact) mass is 1250 g/mol. The van der Waals surface area contributed by atoms with E-state index >= 15 is 0 Å². The number of allylic oxidation sites excluding steroid dienone is 7. The molecule has 0 aromatic carbocycles. The summed E-state index contributed by atoms with van der Waals surface area (Å²) in [7, 11) is 0. The van der Waals surface area contributed by atoms with Crippen molar-refractivity contribution in [3.8, 4) is 0 Å². The number of nitrogens with one attached hydrogen (secondary N) is 1. The zero-order chi connectivity index (χ0) is 63.8. The van der Waals surface area contributed by atoms with Crippen molar-refractivity contribution in [1.82, 2.24) is 5.32 Å². The molecule has 0 aromatic rings. The third-order valence-corrected chi connectivity index (χ3v) is 18.0. The van der Waals surface area contributed by atoms with Crippen LogP contribution in [-0.2, 0) is 23.7 Å². The minimum absolute atomic E-state index is 0.249. The van der Waals surface area contributed by atoms with Crippen LogP contribution in [0.3, 0.4) is 0 Å². The van der Waals surface area contributed by atoms with Gasteiger partial charge in [0, 0.05) is 6.42 Å². The van der Waals surface area contributed by atoms with E-state index < -0.39 is 86.8 Å². The molecule has 0 radical (unpaired) electrons. The number of amides is 1. The highest BCUT2D eigenvalue weighted by molar-refractivity contribution is 5.76. The first kappa shape index (κ1) is 82.0. The number of carbonyl (C=O) groups excluding carboxylic acids is 1. The zero-order valence-corrected chi connectivity index (χ0v) is 56.2. The molecule has 0 bridgehead atoms. The number of aliphatic hydroxyl groups excluding tert-OH is 8. The van der Waals surface area contributed by atoms with Gasteiger partial charge in [0.1, 0.15) is 48.8 Å². The number of hydrogen-bond donors (Lipinski definition) is 9. The molecule has 2 heterocycles.